The second-order valence-electron chi connectivity index (χ2n) is 10.8. The van der Waals surface area contributed by atoms with Gasteiger partial charge in [0.1, 0.15) is 0 Å². The molecule has 2 aliphatic rings. The molecule has 34 heavy (non-hydrogen) atoms. The van der Waals surface area contributed by atoms with Crippen molar-refractivity contribution in [1.82, 2.24) is 9.21 Å². The zero-order valence-electron chi connectivity index (χ0n) is 21.2. The third kappa shape index (κ3) is 6.19. The number of likely N-dealkylation sites (N-methyl/N-ethyl adjacent to an activating group) is 1. The van der Waals surface area contributed by atoms with Gasteiger partial charge in [-0.3, -0.25) is 9.59 Å². The first kappa shape index (κ1) is 26.7. The highest BCUT2D eigenvalue weighted by Crippen LogP contribution is 2.28. The Balaban J connectivity index is 1.53. The molecule has 1 amide bonds. The lowest BCUT2D eigenvalue weighted by Crippen LogP contribution is -2.45. The first-order valence-corrected chi connectivity index (χ1v) is 13.9. The normalized spacial score (nSPS) is 20.0. The van der Waals surface area contributed by atoms with Crippen molar-refractivity contribution in [3.05, 3.63) is 29.8 Å². The molecule has 1 aliphatic heterocycles. The lowest BCUT2D eigenvalue weighted by atomic mass is 9.87. The van der Waals surface area contributed by atoms with Gasteiger partial charge in [0.15, 0.2) is 6.10 Å². The van der Waals surface area contributed by atoms with E-state index >= 15 is 0 Å². The van der Waals surface area contributed by atoms with E-state index < -0.39 is 28.0 Å². The summed E-state index contributed by atoms with van der Waals surface area (Å²) < 4.78 is 33.1. The van der Waals surface area contributed by atoms with Crippen LogP contribution in [0.15, 0.2) is 29.2 Å². The fraction of sp³-hybridized carbons (Fsp3) is 0.692. The summed E-state index contributed by atoms with van der Waals surface area (Å²) in [4.78, 5) is 27.5. The van der Waals surface area contributed by atoms with E-state index in [2.05, 4.69) is 20.8 Å². The van der Waals surface area contributed by atoms with Crippen LogP contribution in [-0.2, 0) is 29.8 Å². The van der Waals surface area contributed by atoms with Crippen LogP contribution in [0.2, 0.25) is 0 Å². The van der Waals surface area contributed by atoms with E-state index in [0.717, 1.165) is 31.2 Å². The van der Waals surface area contributed by atoms with Crippen LogP contribution in [0.4, 0.5) is 0 Å². The third-order valence-corrected chi connectivity index (χ3v) is 9.17. The number of carbonyl (C=O) groups is 2. The van der Waals surface area contributed by atoms with Gasteiger partial charge in [0, 0.05) is 26.2 Å². The van der Waals surface area contributed by atoms with Gasteiger partial charge in [-0.2, -0.15) is 4.31 Å². The fourth-order valence-electron chi connectivity index (χ4n) is 4.86. The quantitative estimate of drug-likeness (QED) is 0.558. The Morgan fingerprint density at radius 2 is 1.56 bits per heavy atom. The number of carbonyl (C=O) groups excluding carboxylic acids is 2. The smallest absolute Gasteiger partial charge is 0.309 e. The number of hydrogen-bond acceptors (Lipinski definition) is 5. The SMILES string of the molecule is C[C@H](OC(=O)C1CCN(S(=O)(=O)c2ccc(C(C)(C)C)cc2)CC1)C(=O)N(C)C1CCCCC1. The van der Waals surface area contributed by atoms with Gasteiger partial charge in [-0.1, -0.05) is 52.2 Å². The van der Waals surface area contributed by atoms with Crippen molar-refractivity contribution < 1.29 is 22.7 Å². The predicted octanol–water partition coefficient (Wildman–Crippen LogP) is 4.11. The lowest BCUT2D eigenvalue weighted by Gasteiger charge is -2.33. The van der Waals surface area contributed by atoms with Crippen LogP contribution < -0.4 is 0 Å². The Bertz CT molecular complexity index is 954. The molecule has 190 valence electrons. The minimum atomic E-state index is -3.61. The molecule has 2 fully saturated rings. The van der Waals surface area contributed by atoms with Crippen molar-refractivity contribution in [2.45, 2.75) is 95.1 Å². The molecule has 0 aromatic heterocycles. The molecule has 1 atom stereocenters. The fourth-order valence-corrected chi connectivity index (χ4v) is 6.33. The molecule has 1 saturated heterocycles. The summed E-state index contributed by atoms with van der Waals surface area (Å²) in [5, 5.41) is 0. The number of hydrogen-bond donors (Lipinski definition) is 0. The van der Waals surface area contributed by atoms with Crippen LogP contribution in [-0.4, -0.2) is 61.8 Å². The highest BCUT2D eigenvalue weighted by atomic mass is 32.2. The zero-order valence-corrected chi connectivity index (χ0v) is 22.1. The minimum Gasteiger partial charge on any atom is -0.452 e. The van der Waals surface area contributed by atoms with Crippen LogP contribution in [0, 0.1) is 5.92 Å². The number of benzene rings is 1. The van der Waals surface area contributed by atoms with Crippen LogP contribution >= 0.6 is 0 Å². The van der Waals surface area contributed by atoms with Crippen molar-refractivity contribution >= 4 is 21.9 Å². The second kappa shape index (κ2) is 10.8. The maximum absolute atomic E-state index is 13.1. The maximum Gasteiger partial charge on any atom is 0.309 e. The molecule has 1 heterocycles. The topological polar surface area (TPSA) is 84.0 Å². The molecule has 7 nitrogen and oxygen atoms in total. The average molecular weight is 493 g/mol. The third-order valence-electron chi connectivity index (χ3n) is 7.26. The summed E-state index contributed by atoms with van der Waals surface area (Å²) in [5.41, 5.74) is 1.02. The molecule has 1 saturated carbocycles. The van der Waals surface area contributed by atoms with Crippen molar-refractivity contribution in [2.75, 3.05) is 20.1 Å². The molecule has 8 heteroatoms. The Labute approximate surface area is 204 Å². The zero-order chi connectivity index (χ0) is 25.1. The van der Waals surface area contributed by atoms with Gasteiger partial charge >= 0.3 is 5.97 Å². The highest BCUT2D eigenvalue weighted by molar-refractivity contribution is 7.89. The molecule has 0 radical (unpaired) electrons. The molecular formula is C26H40N2O5S. The van der Waals surface area contributed by atoms with Gasteiger partial charge < -0.3 is 9.64 Å². The van der Waals surface area contributed by atoms with Gasteiger partial charge in [0.2, 0.25) is 10.0 Å². The van der Waals surface area contributed by atoms with Crippen molar-refractivity contribution in [3.63, 3.8) is 0 Å². The van der Waals surface area contributed by atoms with Gasteiger partial charge in [0.05, 0.1) is 10.8 Å². The number of rotatable bonds is 6. The summed E-state index contributed by atoms with van der Waals surface area (Å²) in [6, 6.07) is 7.26. The van der Waals surface area contributed by atoms with E-state index in [4.69, 9.17) is 4.74 Å². The molecular weight excluding hydrogens is 452 g/mol. The summed E-state index contributed by atoms with van der Waals surface area (Å²) in [5.74, 6) is -0.978. The maximum atomic E-state index is 13.1. The van der Waals surface area contributed by atoms with Crippen molar-refractivity contribution in [1.29, 1.82) is 0 Å². The van der Waals surface area contributed by atoms with E-state index in [9.17, 15) is 18.0 Å². The molecule has 1 aromatic rings. The summed E-state index contributed by atoms with van der Waals surface area (Å²) in [6.45, 7) is 8.40. The largest absolute Gasteiger partial charge is 0.452 e. The second-order valence-corrected chi connectivity index (χ2v) is 12.7. The highest BCUT2D eigenvalue weighted by Gasteiger charge is 2.35. The molecule has 0 unspecified atom stereocenters. The van der Waals surface area contributed by atoms with Gasteiger partial charge in [0.25, 0.3) is 5.91 Å². The number of nitrogens with zero attached hydrogens (tertiary/aromatic N) is 2. The van der Waals surface area contributed by atoms with E-state index in [1.807, 2.05) is 12.1 Å². The first-order chi connectivity index (χ1) is 15.9. The van der Waals surface area contributed by atoms with Crippen molar-refractivity contribution in [2.24, 2.45) is 5.92 Å². The Hall–Kier alpha value is -1.93. The number of piperidine rings is 1. The summed E-state index contributed by atoms with van der Waals surface area (Å²) >= 11 is 0. The van der Waals surface area contributed by atoms with Crippen LogP contribution in [0.25, 0.3) is 0 Å². The Kier molecular flexibility index (Phi) is 8.45. The number of amides is 1. The number of esters is 1. The summed E-state index contributed by atoms with van der Waals surface area (Å²) in [7, 11) is -1.82. The first-order valence-electron chi connectivity index (χ1n) is 12.5. The predicted molar refractivity (Wildman–Crippen MR) is 132 cm³/mol. The van der Waals surface area contributed by atoms with E-state index in [1.165, 1.54) is 10.7 Å². The molecule has 1 aromatic carbocycles. The molecule has 0 N–H and O–H groups in total. The Morgan fingerprint density at radius 1 is 1.00 bits per heavy atom. The summed E-state index contributed by atoms with van der Waals surface area (Å²) in [6.07, 6.45) is 5.39. The van der Waals surface area contributed by atoms with Gasteiger partial charge in [-0.05, 0) is 55.7 Å². The molecule has 1 aliphatic carbocycles. The minimum absolute atomic E-state index is 0.0509. The number of sulfonamides is 1. The molecule has 3 rings (SSSR count). The van der Waals surface area contributed by atoms with Crippen LogP contribution in [0.1, 0.15) is 78.2 Å². The Morgan fingerprint density at radius 3 is 2.09 bits per heavy atom. The molecule has 0 bridgehead atoms. The average Bonchev–Trinajstić information content (AvgIpc) is 2.83. The van der Waals surface area contributed by atoms with Gasteiger partial charge in [-0.25, -0.2) is 8.42 Å². The molecule has 0 spiro atoms. The monoisotopic (exact) mass is 492 g/mol. The van der Waals surface area contributed by atoms with Crippen molar-refractivity contribution in [3.8, 4) is 0 Å². The lowest BCUT2D eigenvalue weighted by molar-refractivity contribution is -0.164. The van der Waals surface area contributed by atoms with E-state index in [0.29, 0.717) is 12.8 Å². The number of ether oxygens (including phenoxy) is 1. The van der Waals surface area contributed by atoms with Crippen LogP contribution in [0.5, 0.6) is 0 Å². The van der Waals surface area contributed by atoms with Crippen LogP contribution in [0.3, 0.4) is 0 Å². The van der Waals surface area contributed by atoms with E-state index in [-0.39, 0.29) is 35.3 Å². The van der Waals surface area contributed by atoms with Gasteiger partial charge in [-0.15, -0.1) is 0 Å². The standard InChI is InChI=1S/C26H40N2O5S/c1-19(24(29)27(5)22-9-7-6-8-10-22)33-25(30)20-15-17-28(18-16-20)34(31,32)23-13-11-21(12-14-23)26(2,3)4/h11-14,19-20,22H,6-10,15-18H2,1-5H3/t19-/m0/s1. The van der Waals surface area contributed by atoms with E-state index in [1.54, 1.807) is 31.0 Å².